The molecule has 1 N–H and O–H groups in total. The van der Waals surface area contributed by atoms with Crippen LogP contribution in [-0.2, 0) is 0 Å². The van der Waals surface area contributed by atoms with Crippen LogP contribution in [0.2, 0.25) is 10.0 Å². The molecular weight excluding hydrogens is 263 g/mol. The van der Waals surface area contributed by atoms with E-state index in [0.29, 0.717) is 15.8 Å². The second kappa shape index (κ2) is 7.03. The van der Waals surface area contributed by atoms with Gasteiger partial charge in [-0.1, -0.05) is 30.1 Å². The van der Waals surface area contributed by atoms with Crippen molar-refractivity contribution in [3.8, 4) is 6.07 Å². The van der Waals surface area contributed by atoms with Gasteiger partial charge in [0.05, 0.1) is 11.1 Å². The predicted molar refractivity (Wildman–Crippen MR) is 70.3 cm³/mol. The van der Waals surface area contributed by atoms with Gasteiger partial charge in [-0.2, -0.15) is 5.26 Å². The fourth-order valence-corrected chi connectivity index (χ4v) is 2.62. The number of nitrogens with zero attached hydrogens (tertiary/aromatic N) is 1. The first-order chi connectivity index (χ1) is 7.67. The Hall–Kier alpha value is -0.400. The number of rotatable bonds is 5. The maximum Gasteiger partial charge on any atom is 0.105 e. The molecule has 0 aliphatic rings. The maximum absolute atomic E-state index is 8.87. The summed E-state index contributed by atoms with van der Waals surface area (Å²) in [5.41, 5.74) is 0. The van der Waals surface area contributed by atoms with Crippen molar-refractivity contribution < 1.29 is 0 Å². The molecule has 2 nitrogen and oxygen atoms in total. The Balaban J connectivity index is 2.60. The van der Waals surface area contributed by atoms with Gasteiger partial charge in [0.25, 0.3) is 0 Å². The molecule has 0 heterocycles. The Kier molecular flexibility index (Phi) is 6.00. The largest absolute Gasteiger partial charge is 0.302 e. The van der Waals surface area contributed by atoms with Crippen molar-refractivity contribution in [2.24, 2.45) is 0 Å². The van der Waals surface area contributed by atoms with Gasteiger partial charge in [-0.3, -0.25) is 0 Å². The quantitative estimate of drug-likeness (QED) is 0.834. The SMILES string of the molecule is CCNC(C#N)CSc1cc(Cl)ccc1Cl. The van der Waals surface area contributed by atoms with E-state index in [1.165, 1.54) is 11.8 Å². The average Bonchev–Trinajstić information content (AvgIpc) is 2.28. The first-order valence-corrected chi connectivity index (χ1v) is 6.62. The molecule has 0 amide bonds. The smallest absolute Gasteiger partial charge is 0.105 e. The van der Waals surface area contributed by atoms with Crippen molar-refractivity contribution in [3.63, 3.8) is 0 Å². The molecule has 0 aliphatic heterocycles. The van der Waals surface area contributed by atoms with Crippen molar-refractivity contribution >= 4 is 35.0 Å². The normalized spacial score (nSPS) is 12.1. The summed E-state index contributed by atoms with van der Waals surface area (Å²) in [6.45, 7) is 2.75. The van der Waals surface area contributed by atoms with E-state index < -0.39 is 0 Å². The van der Waals surface area contributed by atoms with Gasteiger partial charge in [-0.25, -0.2) is 0 Å². The van der Waals surface area contributed by atoms with E-state index in [1.807, 2.05) is 13.0 Å². The van der Waals surface area contributed by atoms with Gasteiger partial charge in [0.1, 0.15) is 6.04 Å². The molecule has 1 atom stereocenters. The van der Waals surface area contributed by atoms with Crippen LogP contribution >= 0.6 is 35.0 Å². The topological polar surface area (TPSA) is 35.8 Å². The van der Waals surface area contributed by atoms with Crippen molar-refractivity contribution in [3.05, 3.63) is 28.2 Å². The van der Waals surface area contributed by atoms with Crippen LogP contribution < -0.4 is 5.32 Å². The predicted octanol–water partition coefficient (Wildman–Crippen LogP) is 3.59. The summed E-state index contributed by atoms with van der Waals surface area (Å²) < 4.78 is 0. The number of hydrogen-bond acceptors (Lipinski definition) is 3. The van der Waals surface area contributed by atoms with Crippen LogP contribution in [0, 0.1) is 11.3 Å². The highest BCUT2D eigenvalue weighted by Crippen LogP contribution is 2.30. The minimum absolute atomic E-state index is 0.162. The zero-order valence-corrected chi connectivity index (χ0v) is 11.2. The summed E-state index contributed by atoms with van der Waals surface area (Å²) >= 11 is 13.4. The highest BCUT2D eigenvalue weighted by Gasteiger charge is 2.08. The molecule has 0 radical (unpaired) electrons. The van der Waals surface area contributed by atoms with E-state index in [4.69, 9.17) is 28.5 Å². The van der Waals surface area contributed by atoms with E-state index in [9.17, 15) is 0 Å². The monoisotopic (exact) mass is 274 g/mol. The lowest BCUT2D eigenvalue weighted by atomic mass is 10.4. The van der Waals surface area contributed by atoms with Gasteiger partial charge < -0.3 is 5.32 Å². The molecule has 1 unspecified atom stereocenters. The molecule has 1 aromatic rings. The molecule has 86 valence electrons. The van der Waals surface area contributed by atoms with E-state index in [-0.39, 0.29) is 6.04 Å². The molecule has 0 bridgehead atoms. The molecule has 0 aromatic heterocycles. The Morgan fingerprint density at radius 3 is 2.88 bits per heavy atom. The van der Waals surface area contributed by atoms with Gasteiger partial charge in [-0.05, 0) is 24.7 Å². The van der Waals surface area contributed by atoms with Crippen LogP contribution in [0.25, 0.3) is 0 Å². The first-order valence-electron chi connectivity index (χ1n) is 4.88. The lowest BCUT2D eigenvalue weighted by molar-refractivity contribution is 0.677. The van der Waals surface area contributed by atoms with Crippen LogP contribution in [0.5, 0.6) is 0 Å². The fraction of sp³-hybridized carbons (Fsp3) is 0.364. The summed E-state index contributed by atoms with van der Waals surface area (Å²) in [6, 6.07) is 7.37. The lowest BCUT2D eigenvalue weighted by Gasteiger charge is -2.10. The second-order valence-electron chi connectivity index (χ2n) is 3.13. The zero-order chi connectivity index (χ0) is 12.0. The van der Waals surface area contributed by atoms with Gasteiger partial charge in [-0.15, -0.1) is 11.8 Å². The van der Waals surface area contributed by atoms with Gasteiger partial charge in [0.2, 0.25) is 0 Å². The van der Waals surface area contributed by atoms with Crippen LogP contribution in [0.1, 0.15) is 6.92 Å². The van der Waals surface area contributed by atoms with Crippen LogP contribution in [0.4, 0.5) is 0 Å². The van der Waals surface area contributed by atoms with E-state index in [0.717, 1.165) is 11.4 Å². The van der Waals surface area contributed by atoms with Crippen molar-refractivity contribution in [1.29, 1.82) is 5.26 Å². The third kappa shape index (κ3) is 4.23. The first kappa shape index (κ1) is 13.7. The number of thioether (sulfide) groups is 1. The minimum atomic E-state index is -0.162. The number of nitriles is 1. The third-order valence-electron chi connectivity index (χ3n) is 1.91. The van der Waals surface area contributed by atoms with Crippen LogP contribution in [0.15, 0.2) is 23.1 Å². The molecule has 5 heteroatoms. The lowest BCUT2D eigenvalue weighted by Crippen LogP contribution is -2.29. The summed E-state index contributed by atoms with van der Waals surface area (Å²) in [7, 11) is 0. The summed E-state index contributed by atoms with van der Waals surface area (Å²) in [5.74, 6) is 0.657. The Bertz CT molecular complexity index is 390. The summed E-state index contributed by atoms with van der Waals surface area (Å²) in [5, 5.41) is 13.3. The summed E-state index contributed by atoms with van der Waals surface area (Å²) in [6.07, 6.45) is 0. The van der Waals surface area contributed by atoms with Crippen molar-refractivity contribution in [2.75, 3.05) is 12.3 Å². The highest BCUT2D eigenvalue weighted by molar-refractivity contribution is 7.99. The standard InChI is InChI=1S/C11H12Cl2N2S/c1-2-15-9(6-14)7-16-11-5-8(12)3-4-10(11)13/h3-5,9,15H,2,7H2,1H3. The van der Waals surface area contributed by atoms with Gasteiger partial charge in [0.15, 0.2) is 0 Å². The number of benzene rings is 1. The Labute approximate surface area is 110 Å². The molecule has 0 saturated carbocycles. The highest BCUT2D eigenvalue weighted by atomic mass is 35.5. The van der Waals surface area contributed by atoms with Gasteiger partial charge in [0, 0.05) is 15.7 Å². The van der Waals surface area contributed by atoms with E-state index in [1.54, 1.807) is 12.1 Å². The molecule has 1 rings (SSSR count). The van der Waals surface area contributed by atoms with E-state index >= 15 is 0 Å². The molecule has 0 spiro atoms. The maximum atomic E-state index is 8.87. The molecule has 0 fully saturated rings. The van der Waals surface area contributed by atoms with E-state index in [2.05, 4.69) is 11.4 Å². The minimum Gasteiger partial charge on any atom is -0.302 e. The summed E-state index contributed by atoms with van der Waals surface area (Å²) in [4.78, 5) is 0.910. The van der Waals surface area contributed by atoms with Crippen LogP contribution in [0.3, 0.4) is 0 Å². The molecule has 0 aliphatic carbocycles. The number of halogens is 2. The number of hydrogen-bond donors (Lipinski definition) is 1. The molecule has 0 saturated heterocycles. The van der Waals surface area contributed by atoms with Gasteiger partial charge >= 0.3 is 0 Å². The van der Waals surface area contributed by atoms with Crippen LogP contribution in [-0.4, -0.2) is 18.3 Å². The Morgan fingerprint density at radius 2 is 2.25 bits per heavy atom. The van der Waals surface area contributed by atoms with Crippen molar-refractivity contribution in [2.45, 2.75) is 17.9 Å². The van der Waals surface area contributed by atoms with Crippen molar-refractivity contribution in [1.82, 2.24) is 5.32 Å². The third-order valence-corrected chi connectivity index (χ3v) is 3.73. The molecule has 1 aromatic carbocycles. The average molecular weight is 275 g/mol. The fourth-order valence-electron chi connectivity index (χ4n) is 1.15. The second-order valence-corrected chi connectivity index (χ2v) is 5.03. The Morgan fingerprint density at radius 1 is 1.50 bits per heavy atom. The molecular formula is C11H12Cl2N2S. The molecule has 16 heavy (non-hydrogen) atoms. The zero-order valence-electron chi connectivity index (χ0n) is 8.84. The number of nitrogens with one attached hydrogen (secondary N) is 1.